The number of hydrogen-bond donors (Lipinski definition) is 1. The van der Waals surface area contributed by atoms with Gasteiger partial charge in [0.25, 0.3) is 0 Å². The van der Waals surface area contributed by atoms with Gasteiger partial charge in [-0.1, -0.05) is 6.92 Å². The smallest absolute Gasteiger partial charge is 0.225 e. The number of nitrogens with zero attached hydrogens (tertiary/aromatic N) is 3. The molecule has 0 radical (unpaired) electrons. The number of hydrogen-bond acceptors (Lipinski definition) is 5. The first-order valence-corrected chi connectivity index (χ1v) is 5.76. The molecule has 92 valence electrons. The van der Waals surface area contributed by atoms with Crippen molar-refractivity contribution in [3.8, 4) is 0 Å². The molecule has 1 fully saturated rings. The minimum absolute atomic E-state index is 0.0570. The summed E-state index contributed by atoms with van der Waals surface area (Å²) in [6, 6.07) is 3.63. The van der Waals surface area contributed by atoms with E-state index < -0.39 is 0 Å². The lowest BCUT2D eigenvalue weighted by Gasteiger charge is -2.27. The van der Waals surface area contributed by atoms with Crippen molar-refractivity contribution in [2.24, 2.45) is 0 Å². The summed E-state index contributed by atoms with van der Waals surface area (Å²) in [6.07, 6.45) is 0.437. The Bertz CT molecular complexity index is 374. The van der Waals surface area contributed by atoms with Gasteiger partial charge in [0.15, 0.2) is 11.6 Å². The van der Waals surface area contributed by atoms with Crippen molar-refractivity contribution in [2.75, 3.05) is 36.5 Å². The van der Waals surface area contributed by atoms with Gasteiger partial charge in [-0.15, -0.1) is 10.2 Å². The van der Waals surface area contributed by atoms with Gasteiger partial charge in [0.1, 0.15) is 0 Å². The standard InChI is InChI=1S/C11H16N4O2/c1-2-11(16)12-9-3-4-10(14-13-9)15-5-7-17-8-6-15/h3-4H,2,5-8H2,1H3,(H,12,13,16). The van der Waals surface area contributed by atoms with E-state index in [-0.39, 0.29) is 5.91 Å². The Hall–Kier alpha value is -1.69. The molecular weight excluding hydrogens is 220 g/mol. The van der Waals surface area contributed by atoms with Crippen LogP contribution in [0.4, 0.5) is 11.6 Å². The molecule has 0 saturated carbocycles. The average Bonchev–Trinajstić information content (AvgIpc) is 2.40. The maximum atomic E-state index is 11.2. The number of amides is 1. The molecule has 1 N–H and O–H groups in total. The molecule has 2 rings (SSSR count). The van der Waals surface area contributed by atoms with Crippen LogP contribution in [0, 0.1) is 0 Å². The Morgan fingerprint density at radius 1 is 1.41 bits per heavy atom. The van der Waals surface area contributed by atoms with Gasteiger partial charge < -0.3 is 15.0 Å². The topological polar surface area (TPSA) is 67.4 Å². The van der Waals surface area contributed by atoms with Gasteiger partial charge in [0.05, 0.1) is 13.2 Å². The van der Waals surface area contributed by atoms with Crippen molar-refractivity contribution in [3.63, 3.8) is 0 Å². The number of carbonyl (C=O) groups is 1. The third-order valence-corrected chi connectivity index (χ3v) is 2.57. The fourth-order valence-electron chi connectivity index (χ4n) is 1.58. The Morgan fingerprint density at radius 2 is 2.18 bits per heavy atom. The molecule has 0 spiro atoms. The van der Waals surface area contributed by atoms with E-state index in [2.05, 4.69) is 20.4 Å². The minimum Gasteiger partial charge on any atom is -0.378 e. The van der Waals surface area contributed by atoms with E-state index in [0.717, 1.165) is 32.1 Å². The van der Waals surface area contributed by atoms with E-state index in [9.17, 15) is 4.79 Å². The maximum Gasteiger partial charge on any atom is 0.225 e. The normalized spacial score (nSPS) is 15.7. The molecule has 6 nitrogen and oxygen atoms in total. The summed E-state index contributed by atoms with van der Waals surface area (Å²) in [4.78, 5) is 13.3. The molecule has 0 aromatic carbocycles. The highest BCUT2D eigenvalue weighted by Gasteiger charge is 2.12. The van der Waals surface area contributed by atoms with Gasteiger partial charge in [0.2, 0.25) is 5.91 Å². The zero-order valence-corrected chi connectivity index (χ0v) is 9.85. The largest absolute Gasteiger partial charge is 0.378 e. The van der Waals surface area contributed by atoms with Crippen LogP contribution < -0.4 is 10.2 Å². The minimum atomic E-state index is -0.0570. The van der Waals surface area contributed by atoms with Crippen molar-refractivity contribution in [2.45, 2.75) is 13.3 Å². The molecule has 0 atom stereocenters. The molecule has 1 aromatic rings. The van der Waals surface area contributed by atoms with Crippen LogP contribution in [0.1, 0.15) is 13.3 Å². The number of anilines is 2. The van der Waals surface area contributed by atoms with Crippen molar-refractivity contribution < 1.29 is 9.53 Å². The van der Waals surface area contributed by atoms with Crippen molar-refractivity contribution >= 4 is 17.5 Å². The van der Waals surface area contributed by atoms with Gasteiger partial charge in [-0.05, 0) is 12.1 Å². The van der Waals surface area contributed by atoms with Crippen LogP contribution in [0.5, 0.6) is 0 Å². The predicted octanol–water partition coefficient (Wildman–Crippen LogP) is 0.662. The Labute approximate surface area is 100.0 Å². The number of nitrogens with one attached hydrogen (secondary N) is 1. The van der Waals surface area contributed by atoms with E-state index in [4.69, 9.17) is 4.74 Å². The van der Waals surface area contributed by atoms with E-state index in [1.54, 1.807) is 13.0 Å². The van der Waals surface area contributed by atoms with E-state index in [1.165, 1.54) is 0 Å². The quantitative estimate of drug-likeness (QED) is 0.835. The third-order valence-electron chi connectivity index (χ3n) is 2.57. The lowest BCUT2D eigenvalue weighted by atomic mass is 10.4. The second-order valence-electron chi connectivity index (χ2n) is 3.78. The molecule has 0 bridgehead atoms. The molecular formula is C11H16N4O2. The number of morpholine rings is 1. The summed E-state index contributed by atoms with van der Waals surface area (Å²) in [5.41, 5.74) is 0. The van der Waals surface area contributed by atoms with Gasteiger partial charge in [-0.2, -0.15) is 0 Å². The molecule has 2 heterocycles. The predicted molar refractivity (Wildman–Crippen MR) is 64.0 cm³/mol. The van der Waals surface area contributed by atoms with E-state index in [1.807, 2.05) is 6.07 Å². The fraction of sp³-hybridized carbons (Fsp3) is 0.545. The van der Waals surface area contributed by atoms with Crippen LogP contribution in [0.15, 0.2) is 12.1 Å². The van der Waals surface area contributed by atoms with E-state index in [0.29, 0.717) is 12.2 Å². The first kappa shape index (κ1) is 11.8. The SMILES string of the molecule is CCC(=O)Nc1ccc(N2CCOCC2)nn1. The zero-order chi connectivity index (χ0) is 12.1. The van der Waals surface area contributed by atoms with Crippen LogP contribution in [0.3, 0.4) is 0 Å². The molecule has 1 aliphatic heterocycles. The number of ether oxygens (including phenoxy) is 1. The molecule has 0 unspecified atom stereocenters. The monoisotopic (exact) mass is 236 g/mol. The highest BCUT2D eigenvalue weighted by molar-refractivity contribution is 5.89. The van der Waals surface area contributed by atoms with Crippen LogP contribution in [0.2, 0.25) is 0 Å². The Kier molecular flexibility index (Phi) is 3.87. The van der Waals surface area contributed by atoms with Crippen molar-refractivity contribution in [1.82, 2.24) is 10.2 Å². The third kappa shape index (κ3) is 3.13. The number of carbonyl (C=O) groups excluding carboxylic acids is 1. The van der Waals surface area contributed by atoms with Crippen molar-refractivity contribution in [1.29, 1.82) is 0 Å². The maximum absolute atomic E-state index is 11.2. The lowest BCUT2D eigenvalue weighted by molar-refractivity contribution is -0.115. The van der Waals surface area contributed by atoms with Gasteiger partial charge in [-0.3, -0.25) is 4.79 Å². The highest BCUT2D eigenvalue weighted by Crippen LogP contribution is 2.13. The Balaban J connectivity index is 1.99. The molecule has 1 saturated heterocycles. The first-order chi connectivity index (χ1) is 8.29. The molecule has 1 amide bonds. The number of rotatable bonds is 3. The summed E-state index contributed by atoms with van der Waals surface area (Å²) in [6.45, 7) is 4.89. The molecule has 0 aliphatic carbocycles. The van der Waals surface area contributed by atoms with E-state index >= 15 is 0 Å². The van der Waals surface area contributed by atoms with Crippen LogP contribution in [0.25, 0.3) is 0 Å². The second-order valence-corrected chi connectivity index (χ2v) is 3.78. The lowest BCUT2D eigenvalue weighted by Crippen LogP contribution is -2.36. The van der Waals surface area contributed by atoms with Crippen LogP contribution >= 0.6 is 0 Å². The highest BCUT2D eigenvalue weighted by atomic mass is 16.5. The number of aromatic nitrogens is 2. The van der Waals surface area contributed by atoms with Crippen LogP contribution in [-0.4, -0.2) is 42.4 Å². The van der Waals surface area contributed by atoms with Gasteiger partial charge >= 0.3 is 0 Å². The van der Waals surface area contributed by atoms with Crippen LogP contribution in [-0.2, 0) is 9.53 Å². The molecule has 6 heteroatoms. The average molecular weight is 236 g/mol. The second kappa shape index (κ2) is 5.58. The summed E-state index contributed by atoms with van der Waals surface area (Å²) < 4.78 is 5.27. The molecule has 1 aliphatic rings. The molecule has 17 heavy (non-hydrogen) atoms. The molecule has 1 aromatic heterocycles. The van der Waals surface area contributed by atoms with Gasteiger partial charge in [-0.25, -0.2) is 0 Å². The van der Waals surface area contributed by atoms with Crippen molar-refractivity contribution in [3.05, 3.63) is 12.1 Å². The summed E-state index contributed by atoms with van der Waals surface area (Å²) >= 11 is 0. The summed E-state index contributed by atoms with van der Waals surface area (Å²) in [7, 11) is 0. The first-order valence-electron chi connectivity index (χ1n) is 5.76. The fourth-order valence-corrected chi connectivity index (χ4v) is 1.58. The summed E-state index contributed by atoms with van der Waals surface area (Å²) in [5, 5.41) is 10.7. The Morgan fingerprint density at radius 3 is 2.76 bits per heavy atom. The van der Waals surface area contributed by atoms with Gasteiger partial charge in [0, 0.05) is 19.5 Å². The zero-order valence-electron chi connectivity index (χ0n) is 9.85. The summed E-state index contributed by atoms with van der Waals surface area (Å²) in [5.74, 6) is 1.26.